The maximum Gasteiger partial charge on any atom is 0.472 e. The van der Waals surface area contributed by atoms with Crippen molar-refractivity contribution in [2.75, 3.05) is 19.8 Å². The maximum absolute atomic E-state index is 12.7. The number of amides is 1. The van der Waals surface area contributed by atoms with Gasteiger partial charge in [0.05, 0.1) is 37.9 Å². The molecule has 0 aromatic heterocycles. The number of hydrogen-bond acceptors (Lipinski definition) is 7. The Morgan fingerprint density at radius 2 is 1.14 bits per heavy atom. The molecule has 0 aliphatic carbocycles. The summed E-state index contributed by atoms with van der Waals surface area (Å²) in [5, 5.41) is 23.9. The Morgan fingerprint density at radius 3 is 1.60 bits per heavy atom. The van der Waals surface area contributed by atoms with Crippen LogP contribution in [0.15, 0.2) is 0 Å². The number of aliphatic hydroxyl groups is 2. The lowest BCUT2D eigenvalue weighted by Gasteiger charge is -2.25. The molecule has 0 radical (unpaired) electrons. The van der Waals surface area contributed by atoms with Crippen LogP contribution in [-0.2, 0) is 18.4 Å². The van der Waals surface area contributed by atoms with Gasteiger partial charge < -0.3 is 26.2 Å². The van der Waals surface area contributed by atoms with Gasteiger partial charge in [0, 0.05) is 6.54 Å². The molecule has 0 bridgehead atoms. The standard InChI is InChI=1S/C32H67N2O7P/c1-3-5-7-9-11-13-14-15-16-18-20-22-24-31(36)30(28-41-42(38,39)40-26-25-33)34-32(37)27-29(35)23-21-19-17-12-10-8-6-4-2/h29-31,35-36H,3-28,33H2,1-2H3,(H,34,37)(H,38,39). The fraction of sp³-hybridized carbons (Fsp3) is 0.969. The number of hydrogen-bond donors (Lipinski definition) is 5. The van der Waals surface area contributed by atoms with Crippen molar-refractivity contribution in [3.8, 4) is 0 Å². The van der Waals surface area contributed by atoms with Crippen LogP contribution in [0.1, 0.15) is 162 Å². The Labute approximate surface area is 257 Å². The predicted molar refractivity (Wildman–Crippen MR) is 172 cm³/mol. The van der Waals surface area contributed by atoms with E-state index in [1.807, 2.05) is 0 Å². The van der Waals surface area contributed by atoms with Crippen LogP contribution < -0.4 is 11.1 Å². The number of rotatable bonds is 32. The third kappa shape index (κ3) is 27.0. The first-order chi connectivity index (χ1) is 20.3. The molecule has 4 atom stereocenters. The number of nitrogens with one attached hydrogen (secondary N) is 1. The van der Waals surface area contributed by atoms with Crippen LogP contribution in [0.25, 0.3) is 0 Å². The number of carbonyl (C=O) groups excluding carboxylic acids is 1. The fourth-order valence-corrected chi connectivity index (χ4v) is 5.88. The molecule has 0 rings (SSSR count). The quantitative estimate of drug-likeness (QED) is 0.0387. The van der Waals surface area contributed by atoms with E-state index in [1.165, 1.54) is 89.9 Å². The molecule has 0 aliphatic heterocycles. The summed E-state index contributed by atoms with van der Waals surface area (Å²) < 4.78 is 21.9. The second-order valence-electron chi connectivity index (χ2n) is 11.9. The molecule has 0 saturated heterocycles. The third-order valence-corrected chi connectivity index (χ3v) is 8.75. The fourth-order valence-electron chi connectivity index (χ4n) is 5.12. The van der Waals surface area contributed by atoms with Gasteiger partial charge in [-0.1, -0.05) is 142 Å². The Kier molecular flexibility index (Phi) is 28.8. The molecule has 4 unspecified atom stereocenters. The summed E-state index contributed by atoms with van der Waals surface area (Å²) in [6.45, 7) is 3.98. The second-order valence-corrected chi connectivity index (χ2v) is 13.4. The summed E-state index contributed by atoms with van der Waals surface area (Å²) in [7, 11) is -4.35. The molecule has 252 valence electrons. The van der Waals surface area contributed by atoms with Gasteiger partial charge in [-0.2, -0.15) is 0 Å². The van der Waals surface area contributed by atoms with Crippen molar-refractivity contribution in [3.05, 3.63) is 0 Å². The lowest BCUT2D eigenvalue weighted by molar-refractivity contribution is -0.125. The van der Waals surface area contributed by atoms with E-state index in [9.17, 15) is 24.5 Å². The van der Waals surface area contributed by atoms with Gasteiger partial charge >= 0.3 is 7.82 Å². The largest absolute Gasteiger partial charge is 0.472 e. The maximum atomic E-state index is 12.7. The van der Waals surface area contributed by atoms with Gasteiger partial charge in [0.15, 0.2) is 0 Å². The van der Waals surface area contributed by atoms with Crippen molar-refractivity contribution in [2.24, 2.45) is 5.73 Å². The number of nitrogens with two attached hydrogens (primary N) is 1. The monoisotopic (exact) mass is 622 g/mol. The average molecular weight is 623 g/mol. The van der Waals surface area contributed by atoms with E-state index in [0.29, 0.717) is 12.8 Å². The topological polar surface area (TPSA) is 151 Å². The summed E-state index contributed by atoms with van der Waals surface area (Å²) in [4.78, 5) is 22.5. The van der Waals surface area contributed by atoms with Crippen LogP contribution in [0, 0.1) is 0 Å². The van der Waals surface area contributed by atoms with Crippen LogP contribution in [0.4, 0.5) is 0 Å². The van der Waals surface area contributed by atoms with Crippen LogP contribution in [0.3, 0.4) is 0 Å². The number of aliphatic hydroxyl groups excluding tert-OH is 2. The minimum absolute atomic E-state index is 0.0619. The highest BCUT2D eigenvalue weighted by molar-refractivity contribution is 7.47. The van der Waals surface area contributed by atoms with Crippen molar-refractivity contribution in [3.63, 3.8) is 0 Å². The molecule has 0 spiro atoms. The Hall–Kier alpha value is -0.540. The predicted octanol–water partition coefficient (Wildman–Crippen LogP) is 7.30. The molecule has 0 aromatic carbocycles. The first kappa shape index (κ1) is 41.5. The summed E-state index contributed by atoms with van der Waals surface area (Å²) in [6.07, 6.45) is 23.0. The van der Waals surface area contributed by atoms with Gasteiger partial charge in [-0.05, 0) is 12.8 Å². The Balaban J connectivity index is 4.44. The van der Waals surface area contributed by atoms with Gasteiger partial charge in [0.2, 0.25) is 5.91 Å². The highest BCUT2D eigenvalue weighted by Crippen LogP contribution is 2.43. The van der Waals surface area contributed by atoms with Crippen molar-refractivity contribution < 1.29 is 33.5 Å². The summed E-state index contributed by atoms with van der Waals surface area (Å²) >= 11 is 0. The molecule has 42 heavy (non-hydrogen) atoms. The van der Waals surface area contributed by atoms with Crippen molar-refractivity contribution in [2.45, 2.75) is 180 Å². The van der Waals surface area contributed by atoms with Gasteiger partial charge in [0.1, 0.15) is 0 Å². The highest BCUT2D eigenvalue weighted by Gasteiger charge is 2.28. The van der Waals surface area contributed by atoms with Gasteiger partial charge in [-0.15, -0.1) is 0 Å². The molecule has 9 nitrogen and oxygen atoms in total. The van der Waals surface area contributed by atoms with Gasteiger partial charge in [0.25, 0.3) is 0 Å². The molecule has 0 aliphatic rings. The second kappa shape index (κ2) is 29.2. The van der Waals surface area contributed by atoms with Crippen molar-refractivity contribution in [1.29, 1.82) is 0 Å². The lowest BCUT2D eigenvalue weighted by atomic mass is 10.0. The number of phosphoric ester groups is 1. The number of unbranched alkanes of at least 4 members (excludes halogenated alkanes) is 18. The number of phosphoric acid groups is 1. The van der Waals surface area contributed by atoms with Crippen LogP contribution in [-0.4, -0.2) is 59.0 Å². The molecule has 0 aromatic rings. The van der Waals surface area contributed by atoms with Gasteiger partial charge in [-0.25, -0.2) is 4.57 Å². The molecular formula is C32H67N2O7P. The Bertz CT molecular complexity index is 656. The smallest absolute Gasteiger partial charge is 0.393 e. The molecule has 0 heterocycles. The van der Waals surface area contributed by atoms with E-state index >= 15 is 0 Å². The average Bonchev–Trinajstić information content (AvgIpc) is 2.96. The van der Waals surface area contributed by atoms with E-state index in [4.69, 9.17) is 14.8 Å². The van der Waals surface area contributed by atoms with Crippen LogP contribution >= 0.6 is 7.82 Å². The van der Waals surface area contributed by atoms with Crippen molar-refractivity contribution in [1.82, 2.24) is 5.32 Å². The van der Waals surface area contributed by atoms with Crippen LogP contribution in [0.2, 0.25) is 0 Å². The zero-order valence-electron chi connectivity index (χ0n) is 27.1. The van der Waals surface area contributed by atoms with E-state index in [2.05, 4.69) is 19.2 Å². The molecule has 10 heteroatoms. The third-order valence-electron chi connectivity index (χ3n) is 7.77. The first-order valence-electron chi connectivity index (χ1n) is 17.2. The summed E-state index contributed by atoms with van der Waals surface area (Å²) in [6, 6.07) is -0.887. The van der Waals surface area contributed by atoms with E-state index in [-0.39, 0.29) is 26.2 Å². The van der Waals surface area contributed by atoms with E-state index in [1.54, 1.807) is 0 Å². The zero-order chi connectivity index (χ0) is 31.3. The first-order valence-corrected chi connectivity index (χ1v) is 18.7. The SMILES string of the molecule is CCCCCCCCCCCCCCC(O)C(COP(=O)(O)OCCN)NC(=O)CC(O)CCCCCCCCCC. The zero-order valence-corrected chi connectivity index (χ0v) is 28.0. The molecule has 6 N–H and O–H groups in total. The van der Waals surface area contributed by atoms with Crippen molar-refractivity contribution >= 4 is 13.7 Å². The molecular weight excluding hydrogens is 555 g/mol. The minimum Gasteiger partial charge on any atom is -0.393 e. The molecule has 0 fully saturated rings. The summed E-state index contributed by atoms with van der Waals surface area (Å²) in [5.74, 6) is -0.417. The lowest BCUT2D eigenvalue weighted by Crippen LogP contribution is -2.47. The normalized spacial score (nSPS) is 15.3. The highest BCUT2D eigenvalue weighted by atomic mass is 31.2. The van der Waals surface area contributed by atoms with E-state index in [0.717, 1.165) is 38.5 Å². The molecule has 1 amide bonds. The van der Waals surface area contributed by atoms with E-state index < -0.39 is 32.0 Å². The summed E-state index contributed by atoms with van der Waals surface area (Å²) in [5.41, 5.74) is 5.33. The minimum atomic E-state index is -4.35. The molecule has 0 saturated carbocycles. The number of carbonyl (C=O) groups is 1. The van der Waals surface area contributed by atoms with Gasteiger partial charge in [-0.3, -0.25) is 13.8 Å². The van der Waals surface area contributed by atoms with Crippen LogP contribution in [0.5, 0.6) is 0 Å². The Morgan fingerprint density at radius 1 is 0.714 bits per heavy atom.